The van der Waals surface area contributed by atoms with Crippen molar-refractivity contribution < 1.29 is 14.2 Å². The first kappa shape index (κ1) is 12.4. The Balaban J connectivity index is 1.94. The van der Waals surface area contributed by atoms with E-state index < -0.39 is 0 Å². The predicted octanol–water partition coefficient (Wildman–Crippen LogP) is 2.95. The van der Waals surface area contributed by atoms with Crippen LogP contribution in [0.3, 0.4) is 0 Å². The van der Waals surface area contributed by atoms with Gasteiger partial charge in [-0.05, 0) is 31.0 Å². The molecule has 3 nitrogen and oxygen atoms in total. The monoisotopic (exact) mass is 236 g/mol. The molecule has 0 amide bonds. The van der Waals surface area contributed by atoms with Crippen molar-refractivity contribution in [1.82, 2.24) is 0 Å². The Labute approximate surface area is 103 Å². The molecule has 0 N–H and O–H groups in total. The number of rotatable bonds is 4. The summed E-state index contributed by atoms with van der Waals surface area (Å²) in [4.78, 5) is 0. The van der Waals surface area contributed by atoms with E-state index in [0.29, 0.717) is 19.8 Å². The summed E-state index contributed by atoms with van der Waals surface area (Å²) >= 11 is 0. The van der Waals surface area contributed by atoms with Crippen LogP contribution in [0.2, 0.25) is 0 Å². The van der Waals surface area contributed by atoms with Crippen LogP contribution in [0.1, 0.15) is 31.9 Å². The summed E-state index contributed by atoms with van der Waals surface area (Å²) in [6, 6.07) is 8.05. The molecule has 0 aromatic heterocycles. The minimum Gasteiger partial charge on any atom is -0.494 e. The van der Waals surface area contributed by atoms with Crippen molar-refractivity contribution in [1.29, 1.82) is 0 Å². The molecular weight excluding hydrogens is 216 g/mol. The van der Waals surface area contributed by atoms with Gasteiger partial charge in [0, 0.05) is 0 Å². The second-order valence-corrected chi connectivity index (χ2v) is 4.19. The molecule has 1 aromatic rings. The molecule has 94 valence electrons. The van der Waals surface area contributed by atoms with E-state index in [0.717, 1.165) is 17.7 Å². The molecule has 0 saturated carbocycles. The van der Waals surface area contributed by atoms with Crippen molar-refractivity contribution in [2.75, 3.05) is 19.8 Å². The van der Waals surface area contributed by atoms with E-state index in [4.69, 9.17) is 14.2 Å². The first-order valence-electron chi connectivity index (χ1n) is 6.29. The molecule has 1 fully saturated rings. The lowest BCUT2D eigenvalue weighted by atomic mass is 10.1. The van der Waals surface area contributed by atoms with Gasteiger partial charge in [-0.3, -0.25) is 0 Å². The molecule has 1 heterocycles. The molecule has 1 saturated heterocycles. The van der Waals surface area contributed by atoms with Crippen molar-refractivity contribution in [3.63, 3.8) is 0 Å². The summed E-state index contributed by atoms with van der Waals surface area (Å²) in [7, 11) is 0. The van der Waals surface area contributed by atoms with Crippen LogP contribution in [0.5, 0.6) is 5.75 Å². The molecule has 2 unspecified atom stereocenters. The summed E-state index contributed by atoms with van der Waals surface area (Å²) in [5.74, 6) is 0.902. The minimum atomic E-state index is 0.0634. The zero-order chi connectivity index (χ0) is 12.1. The first-order chi connectivity index (χ1) is 8.33. The third kappa shape index (κ3) is 3.20. The highest BCUT2D eigenvalue weighted by Gasteiger charge is 2.22. The topological polar surface area (TPSA) is 27.7 Å². The second-order valence-electron chi connectivity index (χ2n) is 4.19. The first-order valence-corrected chi connectivity index (χ1v) is 6.29. The van der Waals surface area contributed by atoms with Gasteiger partial charge in [-0.2, -0.15) is 0 Å². The smallest absolute Gasteiger partial charge is 0.119 e. The van der Waals surface area contributed by atoms with E-state index in [-0.39, 0.29) is 12.2 Å². The van der Waals surface area contributed by atoms with Gasteiger partial charge in [0.25, 0.3) is 0 Å². The van der Waals surface area contributed by atoms with Gasteiger partial charge in [-0.1, -0.05) is 19.1 Å². The quantitative estimate of drug-likeness (QED) is 0.804. The van der Waals surface area contributed by atoms with Gasteiger partial charge >= 0.3 is 0 Å². The Morgan fingerprint density at radius 3 is 2.41 bits per heavy atom. The predicted molar refractivity (Wildman–Crippen MR) is 66.3 cm³/mol. The van der Waals surface area contributed by atoms with Crippen LogP contribution in [-0.4, -0.2) is 25.9 Å². The maximum atomic E-state index is 5.80. The van der Waals surface area contributed by atoms with E-state index in [1.165, 1.54) is 0 Å². The van der Waals surface area contributed by atoms with Crippen LogP contribution in [0.25, 0.3) is 0 Å². The van der Waals surface area contributed by atoms with Gasteiger partial charge in [-0.25, -0.2) is 0 Å². The molecule has 3 heteroatoms. The number of ether oxygens (including phenoxy) is 3. The highest BCUT2D eigenvalue weighted by atomic mass is 16.6. The SMILES string of the molecule is CCOc1ccc(C2COC(CC)CO2)cc1. The lowest BCUT2D eigenvalue weighted by Crippen LogP contribution is -2.30. The maximum absolute atomic E-state index is 5.80. The molecule has 1 aromatic carbocycles. The van der Waals surface area contributed by atoms with Crippen molar-refractivity contribution in [2.24, 2.45) is 0 Å². The van der Waals surface area contributed by atoms with E-state index in [2.05, 4.69) is 6.92 Å². The van der Waals surface area contributed by atoms with Gasteiger partial charge < -0.3 is 14.2 Å². The van der Waals surface area contributed by atoms with Crippen molar-refractivity contribution in [3.05, 3.63) is 29.8 Å². The third-order valence-corrected chi connectivity index (χ3v) is 2.98. The highest BCUT2D eigenvalue weighted by Crippen LogP contribution is 2.25. The third-order valence-electron chi connectivity index (χ3n) is 2.98. The summed E-state index contributed by atoms with van der Waals surface area (Å²) in [6.07, 6.45) is 1.33. The largest absolute Gasteiger partial charge is 0.494 e. The van der Waals surface area contributed by atoms with Crippen LogP contribution in [0.4, 0.5) is 0 Å². The second kappa shape index (κ2) is 6.03. The van der Waals surface area contributed by atoms with Crippen LogP contribution in [0, 0.1) is 0 Å². The molecule has 2 rings (SSSR count). The Bertz CT molecular complexity index is 326. The van der Waals surface area contributed by atoms with E-state index in [1.54, 1.807) is 0 Å². The Morgan fingerprint density at radius 2 is 1.88 bits per heavy atom. The van der Waals surface area contributed by atoms with Crippen molar-refractivity contribution >= 4 is 0 Å². The summed E-state index contributed by atoms with van der Waals surface area (Å²) in [6.45, 7) is 6.13. The lowest BCUT2D eigenvalue weighted by Gasteiger charge is -2.29. The zero-order valence-electron chi connectivity index (χ0n) is 10.5. The number of benzene rings is 1. The zero-order valence-corrected chi connectivity index (χ0v) is 10.5. The molecular formula is C14H20O3. The Kier molecular flexibility index (Phi) is 4.40. The van der Waals surface area contributed by atoms with Crippen molar-refractivity contribution in [2.45, 2.75) is 32.5 Å². The molecule has 0 spiro atoms. The molecule has 0 bridgehead atoms. The minimum absolute atomic E-state index is 0.0634. The van der Waals surface area contributed by atoms with Gasteiger partial charge in [-0.15, -0.1) is 0 Å². The Morgan fingerprint density at radius 1 is 1.12 bits per heavy atom. The van der Waals surface area contributed by atoms with Crippen LogP contribution in [-0.2, 0) is 9.47 Å². The normalized spacial score (nSPS) is 24.6. The van der Waals surface area contributed by atoms with Gasteiger partial charge in [0.1, 0.15) is 11.9 Å². The molecule has 1 aliphatic rings. The average Bonchev–Trinajstić information content (AvgIpc) is 2.40. The van der Waals surface area contributed by atoms with Gasteiger partial charge in [0.2, 0.25) is 0 Å². The van der Waals surface area contributed by atoms with E-state index >= 15 is 0 Å². The van der Waals surface area contributed by atoms with E-state index in [9.17, 15) is 0 Å². The fourth-order valence-electron chi connectivity index (χ4n) is 1.92. The standard InChI is InChI=1S/C14H20O3/c1-3-12-9-17-14(10-16-12)11-5-7-13(8-6-11)15-4-2/h5-8,12,14H,3-4,9-10H2,1-2H3. The van der Waals surface area contributed by atoms with Crippen molar-refractivity contribution in [3.8, 4) is 5.75 Å². The molecule has 1 aliphatic heterocycles. The molecule has 0 aliphatic carbocycles. The van der Waals surface area contributed by atoms with Gasteiger partial charge in [0.15, 0.2) is 0 Å². The molecule has 0 radical (unpaired) electrons. The fraction of sp³-hybridized carbons (Fsp3) is 0.571. The van der Waals surface area contributed by atoms with Crippen LogP contribution >= 0.6 is 0 Å². The fourth-order valence-corrected chi connectivity index (χ4v) is 1.92. The molecule has 17 heavy (non-hydrogen) atoms. The summed E-state index contributed by atoms with van der Waals surface area (Å²) < 4.78 is 16.9. The number of hydrogen-bond acceptors (Lipinski definition) is 3. The highest BCUT2D eigenvalue weighted by molar-refractivity contribution is 5.28. The van der Waals surface area contributed by atoms with Crippen LogP contribution in [0.15, 0.2) is 24.3 Å². The summed E-state index contributed by atoms with van der Waals surface area (Å²) in [5, 5.41) is 0. The van der Waals surface area contributed by atoms with Crippen LogP contribution < -0.4 is 4.74 Å². The summed E-state index contributed by atoms with van der Waals surface area (Å²) in [5.41, 5.74) is 1.16. The maximum Gasteiger partial charge on any atom is 0.119 e. The van der Waals surface area contributed by atoms with Gasteiger partial charge in [0.05, 0.1) is 25.9 Å². The van der Waals surface area contributed by atoms with E-state index in [1.807, 2.05) is 31.2 Å². The molecule has 2 atom stereocenters. The lowest BCUT2D eigenvalue weighted by molar-refractivity contribution is -0.135. The Hall–Kier alpha value is -1.06. The number of hydrogen-bond donors (Lipinski definition) is 0. The average molecular weight is 236 g/mol.